The van der Waals surface area contributed by atoms with Crippen LogP contribution in [0.3, 0.4) is 0 Å². The molecule has 166 valence electrons. The largest absolute Gasteiger partial charge is 0.396 e. The van der Waals surface area contributed by atoms with Crippen molar-refractivity contribution in [1.29, 1.82) is 0 Å². The number of carbonyl (C=O) groups is 1. The van der Waals surface area contributed by atoms with E-state index in [1.807, 2.05) is 19.1 Å². The molecule has 0 spiro atoms. The van der Waals surface area contributed by atoms with Crippen LogP contribution in [0.4, 0.5) is 23.1 Å². The van der Waals surface area contributed by atoms with E-state index in [0.29, 0.717) is 30.3 Å². The van der Waals surface area contributed by atoms with Gasteiger partial charge in [-0.1, -0.05) is 6.07 Å². The second-order valence-corrected chi connectivity index (χ2v) is 7.49. The van der Waals surface area contributed by atoms with Crippen molar-refractivity contribution in [2.45, 2.75) is 26.3 Å². The smallest absolute Gasteiger partial charge is 0.256 e. The minimum Gasteiger partial charge on any atom is -0.396 e. The quantitative estimate of drug-likeness (QED) is 0.367. The molecule has 9 nitrogen and oxygen atoms in total. The van der Waals surface area contributed by atoms with Crippen molar-refractivity contribution in [1.82, 2.24) is 25.6 Å². The summed E-state index contributed by atoms with van der Waals surface area (Å²) in [5, 5.41) is 21.8. The van der Waals surface area contributed by atoms with Gasteiger partial charge < -0.3 is 26.4 Å². The lowest BCUT2D eigenvalue weighted by Crippen LogP contribution is -2.24. The monoisotopic (exact) mass is 433 g/mol. The molecule has 4 rings (SSSR count). The number of pyridine rings is 1. The van der Waals surface area contributed by atoms with E-state index in [2.05, 4.69) is 48.4 Å². The number of hydrogen-bond donors (Lipinski definition) is 5. The Balaban J connectivity index is 1.62. The number of nitrogens with one attached hydrogen (secondary N) is 4. The van der Waals surface area contributed by atoms with Crippen LogP contribution in [0.5, 0.6) is 0 Å². The fourth-order valence-electron chi connectivity index (χ4n) is 3.59. The molecule has 5 N–H and O–H groups in total. The molecule has 3 heterocycles. The molecule has 0 saturated heterocycles. The zero-order valence-electron chi connectivity index (χ0n) is 18.0. The minimum absolute atomic E-state index is 0.0129. The molecule has 9 heteroatoms. The van der Waals surface area contributed by atoms with E-state index in [1.54, 1.807) is 12.3 Å². The van der Waals surface area contributed by atoms with Crippen LogP contribution in [-0.2, 0) is 19.4 Å². The number of anilines is 4. The van der Waals surface area contributed by atoms with Gasteiger partial charge in [-0.2, -0.15) is 4.98 Å². The molecule has 32 heavy (non-hydrogen) atoms. The molecule has 0 fully saturated rings. The Hall–Kier alpha value is -3.56. The lowest BCUT2D eigenvalue weighted by Gasteiger charge is -2.18. The van der Waals surface area contributed by atoms with Crippen LogP contribution >= 0.6 is 0 Å². The van der Waals surface area contributed by atoms with Gasteiger partial charge in [0.1, 0.15) is 11.4 Å². The summed E-state index contributed by atoms with van der Waals surface area (Å²) in [6.45, 7) is 4.21. The van der Waals surface area contributed by atoms with Gasteiger partial charge >= 0.3 is 0 Å². The van der Waals surface area contributed by atoms with E-state index in [9.17, 15) is 9.90 Å². The molecule has 0 atom stereocenters. The average molecular weight is 434 g/mol. The van der Waals surface area contributed by atoms with Crippen LogP contribution in [0.25, 0.3) is 0 Å². The van der Waals surface area contributed by atoms with Crippen molar-refractivity contribution in [2.75, 3.05) is 30.3 Å². The summed E-state index contributed by atoms with van der Waals surface area (Å²) in [5.41, 5.74) is 5.31. The average Bonchev–Trinajstić information content (AvgIpc) is 2.80. The van der Waals surface area contributed by atoms with Gasteiger partial charge in [-0.25, -0.2) is 4.98 Å². The SMILES string of the molecule is CCNC(=O)c1cnc(Nc2ccc3c(c2)CCNC3)nc1Nc1ccnc(CCO)c1. The van der Waals surface area contributed by atoms with Crippen LogP contribution in [0.2, 0.25) is 0 Å². The Bertz CT molecular complexity index is 1100. The number of hydrogen-bond acceptors (Lipinski definition) is 8. The summed E-state index contributed by atoms with van der Waals surface area (Å²) in [5.74, 6) is 0.517. The van der Waals surface area contributed by atoms with E-state index in [4.69, 9.17) is 0 Å². The minimum atomic E-state index is -0.257. The van der Waals surface area contributed by atoms with Crippen LogP contribution in [0, 0.1) is 0 Å². The summed E-state index contributed by atoms with van der Waals surface area (Å²) >= 11 is 0. The predicted molar refractivity (Wildman–Crippen MR) is 123 cm³/mol. The van der Waals surface area contributed by atoms with Gasteiger partial charge in [0.2, 0.25) is 5.95 Å². The highest BCUT2D eigenvalue weighted by atomic mass is 16.3. The van der Waals surface area contributed by atoms with E-state index in [1.165, 1.54) is 17.3 Å². The lowest BCUT2D eigenvalue weighted by molar-refractivity contribution is 0.0956. The molecule has 1 amide bonds. The van der Waals surface area contributed by atoms with Crippen molar-refractivity contribution < 1.29 is 9.90 Å². The van der Waals surface area contributed by atoms with E-state index in [-0.39, 0.29) is 12.5 Å². The van der Waals surface area contributed by atoms with Gasteiger partial charge in [0.15, 0.2) is 0 Å². The van der Waals surface area contributed by atoms with Crippen molar-refractivity contribution in [2.24, 2.45) is 0 Å². The number of aliphatic hydroxyl groups excluding tert-OH is 1. The van der Waals surface area contributed by atoms with E-state index < -0.39 is 0 Å². The maximum absolute atomic E-state index is 12.6. The molecule has 1 aliphatic heterocycles. The molecule has 0 bridgehead atoms. The number of carbonyl (C=O) groups excluding carboxylic acids is 1. The zero-order valence-corrected chi connectivity index (χ0v) is 18.0. The molecule has 0 radical (unpaired) electrons. The summed E-state index contributed by atoms with van der Waals surface area (Å²) in [6, 6.07) is 9.84. The van der Waals surface area contributed by atoms with Crippen molar-refractivity contribution in [3.05, 3.63) is 65.1 Å². The molecule has 0 unspecified atom stereocenters. The Morgan fingerprint density at radius 1 is 1.12 bits per heavy atom. The van der Waals surface area contributed by atoms with Crippen LogP contribution in [-0.4, -0.2) is 45.7 Å². The summed E-state index contributed by atoms with van der Waals surface area (Å²) in [7, 11) is 0. The standard InChI is InChI=1S/C23H27N7O2/c1-2-25-22(32)20-14-27-23(29-18-4-3-16-13-24-8-5-15(16)11-18)30-21(20)28-19-6-9-26-17(12-19)7-10-31/h3-4,6,9,11-12,14,24,31H,2,5,7-8,10,13H2,1H3,(H,25,32)(H2,26,27,28,29,30). The number of rotatable bonds is 8. The first-order valence-corrected chi connectivity index (χ1v) is 10.7. The lowest BCUT2D eigenvalue weighted by atomic mass is 10.0. The van der Waals surface area contributed by atoms with Gasteiger partial charge in [0.05, 0.1) is 0 Å². The fraction of sp³-hybridized carbons (Fsp3) is 0.304. The highest BCUT2D eigenvalue weighted by Gasteiger charge is 2.16. The number of aliphatic hydroxyl groups is 1. The third-order valence-corrected chi connectivity index (χ3v) is 5.17. The number of benzene rings is 1. The molecule has 0 saturated carbocycles. The molecule has 0 aliphatic carbocycles. The summed E-state index contributed by atoms with van der Waals surface area (Å²) < 4.78 is 0. The van der Waals surface area contributed by atoms with Crippen LogP contribution < -0.4 is 21.3 Å². The highest BCUT2D eigenvalue weighted by molar-refractivity contribution is 5.99. The Morgan fingerprint density at radius 3 is 2.84 bits per heavy atom. The third kappa shape index (κ3) is 5.19. The van der Waals surface area contributed by atoms with Gasteiger partial charge in [-0.15, -0.1) is 0 Å². The second kappa shape index (κ2) is 10.2. The number of amides is 1. The normalized spacial score (nSPS) is 12.7. The number of nitrogens with zero attached hydrogens (tertiary/aromatic N) is 3. The Labute approximate surface area is 186 Å². The van der Waals surface area contributed by atoms with Crippen LogP contribution in [0.15, 0.2) is 42.7 Å². The Kier molecular flexibility index (Phi) is 6.88. The summed E-state index contributed by atoms with van der Waals surface area (Å²) in [6.07, 6.45) is 4.60. The van der Waals surface area contributed by atoms with Gasteiger partial charge in [-0.05, 0) is 55.3 Å². The molecular formula is C23H27N7O2. The highest BCUT2D eigenvalue weighted by Crippen LogP contribution is 2.24. The van der Waals surface area contributed by atoms with E-state index >= 15 is 0 Å². The molecule has 1 aliphatic rings. The first-order chi connectivity index (χ1) is 15.7. The van der Waals surface area contributed by atoms with Crippen molar-refractivity contribution in [3.63, 3.8) is 0 Å². The van der Waals surface area contributed by atoms with Crippen molar-refractivity contribution >= 4 is 29.0 Å². The third-order valence-electron chi connectivity index (χ3n) is 5.17. The predicted octanol–water partition coefficient (Wildman–Crippen LogP) is 2.29. The van der Waals surface area contributed by atoms with Crippen LogP contribution in [0.1, 0.15) is 34.1 Å². The second-order valence-electron chi connectivity index (χ2n) is 7.49. The molecule has 2 aromatic heterocycles. The first kappa shape index (κ1) is 21.7. The first-order valence-electron chi connectivity index (χ1n) is 10.7. The maximum atomic E-state index is 12.6. The van der Waals surface area contributed by atoms with E-state index in [0.717, 1.165) is 36.6 Å². The molecule has 3 aromatic rings. The molecule has 1 aromatic carbocycles. The topological polar surface area (TPSA) is 124 Å². The van der Waals surface area contributed by atoms with Crippen molar-refractivity contribution in [3.8, 4) is 0 Å². The van der Waals surface area contributed by atoms with Gasteiger partial charge in [-0.3, -0.25) is 9.78 Å². The maximum Gasteiger partial charge on any atom is 0.256 e. The Morgan fingerprint density at radius 2 is 2.00 bits per heavy atom. The van der Waals surface area contributed by atoms with Gasteiger partial charge in [0.25, 0.3) is 5.91 Å². The van der Waals surface area contributed by atoms with Gasteiger partial charge in [0, 0.05) is 55.6 Å². The number of aromatic nitrogens is 3. The number of fused-ring (bicyclic) bond motifs is 1. The summed E-state index contributed by atoms with van der Waals surface area (Å²) in [4.78, 5) is 25.7. The molecular weight excluding hydrogens is 406 g/mol. The zero-order chi connectivity index (χ0) is 22.3. The fourth-order valence-corrected chi connectivity index (χ4v) is 3.59.